The van der Waals surface area contributed by atoms with Gasteiger partial charge in [-0.25, -0.2) is 4.98 Å². The van der Waals surface area contributed by atoms with Crippen molar-refractivity contribution in [3.8, 4) is 0 Å². The molecule has 0 unspecified atom stereocenters. The van der Waals surface area contributed by atoms with Gasteiger partial charge in [-0.1, -0.05) is 103 Å². The number of anilines is 1. The molecule has 0 radical (unpaired) electrons. The number of nitro benzene ring substituents is 1. The Balaban J connectivity index is 1.69. The molecule has 6 heteroatoms. The summed E-state index contributed by atoms with van der Waals surface area (Å²) in [5.74, 6) is 0. The lowest BCUT2D eigenvalue weighted by atomic mass is 9.76. The molecule has 4 aromatic carbocycles. The third-order valence-corrected chi connectivity index (χ3v) is 6.67. The van der Waals surface area contributed by atoms with Crippen molar-refractivity contribution in [3.63, 3.8) is 0 Å². The Hall–Kier alpha value is -4.97. The average molecular weight is 487 g/mol. The van der Waals surface area contributed by atoms with E-state index in [9.17, 15) is 10.1 Å². The maximum absolute atomic E-state index is 11.3. The van der Waals surface area contributed by atoms with E-state index < -0.39 is 10.5 Å². The molecule has 0 aliphatic heterocycles. The summed E-state index contributed by atoms with van der Waals surface area (Å²) in [7, 11) is 0. The number of nitrogen functional groups attached to an aromatic ring is 1. The fourth-order valence-electron chi connectivity index (χ4n) is 4.88. The number of rotatable bonds is 7. The molecule has 0 amide bonds. The van der Waals surface area contributed by atoms with Gasteiger partial charge in [0, 0.05) is 11.8 Å². The van der Waals surface area contributed by atoms with Gasteiger partial charge in [0.05, 0.1) is 16.9 Å². The maximum atomic E-state index is 11.3. The molecule has 0 fully saturated rings. The molecule has 0 spiro atoms. The summed E-state index contributed by atoms with van der Waals surface area (Å²) in [5.41, 5.74) is 10.9. The zero-order valence-corrected chi connectivity index (χ0v) is 20.4. The number of nitrogens with two attached hydrogens (primary N) is 1. The number of hydrogen-bond acceptors (Lipinski definition) is 4. The lowest BCUT2D eigenvalue weighted by molar-refractivity contribution is -0.383. The first-order valence-electron chi connectivity index (χ1n) is 11.9. The van der Waals surface area contributed by atoms with Gasteiger partial charge in [0.25, 0.3) is 5.69 Å². The molecular formula is C31H26N4O2. The van der Waals surface area contributed by atoms with Gasteiger partial charge in [0.15, 0.2) is 0 Å². The average Bonchev–Trinajstić information content (AvgIpc) is 3.30. The Labute approximate surface area is 215 Å². The van der Waals surface area contributed by atoms with Gasteiger partial charge in [0.2, 0.25) is 0 Å². The number of hydrogen-bond donors (Lipinski definition) is 1. The summed E-state index contributed by atoms with van der Waals surface area (Å²) in [4.78, 5) is 15.6. The van der Waals surface area contributed by atoms with Crippen LogP contribution in [0, 0.1) is 17.0 Å². The van der Waals surface area contributed by atoms with E-state index in [1.165, 1.54) is 6.07 Å². The van der Waals surface area contributed by atoms with Gasteiger partial charge in [-0.15, -0.1) is 0 Å². The van der Waals surface area contributed by atoms with Crippen LogP contribution in [0.2, 0.25) is 0 Å². The standard InChI is InChI=1S/C31H26N4O2/c1-23-29(20-18-24-17-19-28(32)30(21-24)35(36)37)33-22-34(23)31(25-11-5-2-6-12-25,26-13-7-3-8-14-26)27-15-9-4-10-16-27/h2-22H,32H2,1H3. The van der Waals surface area contributed by atoms with Crippen molar-refractivity contribution >= 4 is 23.5 Å². The summed E-state index contributed by atoms with van der Waals surface area (Å²) >= 11 is 0. The Kier molecular flexibility index (Phi) is 6.39. The van der Waals surface area contributed by atoms with E-state index in [1.54, 1.807) is 12.1 Å². The fourth-order valence-corrected chi connectivity index (χ4v) is 4.88. The summed E-state index contributed by atoms with van der Waals surface area (Å²) in [6.07, 6.45) is 5.57. The minimum absolute atomic E-state index is 0.111. The van der Waals surface area contributed by atoms with E-state index in [1.807, 2.05) is 43.6 Å². The van der Waals surface area contributed by atoms with Crippen LogP contribution in [0.25, 0.3) is 12.2 Å². The monoisotopic (exact) mass is 486 g/mol. The SMILES string of the molecule is Cc1c(C=Cc2ccc(N)c([N+](=O)[O-])c2)ncn1C(c1ccccc1)(c1ccccc1)c1ccccc1. The number of nitrogens with zero attached hydrogens (tertiary/aromatic N) is 3. The van der Waals surface area contributed by atoms with E-state index >= 15 is 0 Å². The van der Waals surface area contributed by atoms with Crippen molar-refractivity contribution in [1.82, 2.24) is 9.55 Å². The summed E-state index contributed by atoms with van der Waals surface area (Å²) in [6, 6.07) is 36.0. The zero-order chi connectivity index (χ0) is 25.8. The Morgan fingerprint density at radius 2 is 1.32 bits per heavy atom. The normalized spacial score (nSPS) is 11.6. The van der Waals surface area contributed by atoms with Gasteiger partial charge in [0.1, 0.15) is 11.2 Å². The summed E-state index contributed by atoms with van der Waals surface area (Å²) in [5, 5.41) is 11.3. The van der Waals surface area contributed by atoms with E-state index in [2.05, 4.69) is 77.4 Å². The third kappa shape index (κ3) is 4.29. The molecule has 0 aliphatic carbocycles. The van der Waals surface area contributed by atoms with Crippen molar-refractivity contribution in [2.45, 2.75) is 12.5 Å². The van der Waals surface area contributed by atoms with Gasteiger partial charge in [-0.2, -0.15) is 0 Å². The van der Waals surface area contributed by atoms with E-state index in [4.69, 9.17) is 10.7 Å². The number of nitro groups is 1. The number of aromatic nitrogens is 2. The molecule has 37 heavy (non-hydrogen) atoms. The Bertz CT molecular complexity index is 1460. The predicted octanol–water partition coefficient (Wildman–Crippen LogP) is 6.69. The predicted molar refractivity (Wildman–Crippen MR) is 148 cm³/mol. The molecule has 0 aliphatic rings. The smallest absolute Gasteiger partial charge is 0.292 e. The highest BCUT2D eigenvalue weighted by molar-refractivity contribution is 5.73. The lowest BCUT2D eigenvalue weighted by Crippen LogP contribution is -2.38. The van der Waals surface area contributed by atoms with Crippen molar-refractivity contribution in [2.75, 3.05) is 5.73 Å². The minimum Gasteiger partial charge on any atom is -0.393 e. The molecule has 5 rings (SSSR count). The fraction of sp³-hybridized carbons (Fsp3) is 0.0645. The largest absolute Gasteiger partial charge is 0.393 e. The molecule has 0 saturated carbocycles. The minimum atomic E-state index is -0.660. The van der Waals surface area contributed by atoms with Crippen molar-refractivity contribution in [3.05, 3.63) is 159 Å². The van der Waals surface area contributed by atoms with Crippen molar-refractivity contribution < 1.29 is 4.92 Å². The number of imidazole rings is 1. The van der Waals surface area contributed by atoms with Crippen LogP contribution < -0.4 is 5.73 Å². The molecule has 2 N–H and O–H groups in total. The maximum Gasteiger partial charge on any atom is 0.292 e. The first-order valence-corrected chi connectivity index (χ1v) is 11.9. The lowest BCUT2D eigenvalue weighted by Gasteiger charge is -2.38. The highest BCUT2D eigenvalue weighted by atomic mass is 16.6. The first kappa shape index (κ1) is 23.8. The van der Waals surface area contributed by atoms with Crippen LogP contribution in [0.3, 0.4) is 0 Å². The van der Waals surface area contributed by atoms with Gasteiger partial charge < -0.3 is 10.3 Å². The zero-order valence-electron chi connectivity index (χ0n) is 20.4. The molecule has 5 aromatic rings. The van der Waals surface area contributed by atoms with E-state index in [-0.39, 0.29) is 11.4 Å². The van der Waals surface area contributed by atoms with Crippen molar-refractivity contribution in [1.29, 1.82) is 0 Å². The molecule has 0 atom stereocenters. The molecule has 1 heterocycles. The van der Waals surface area contributed by atoms with Crippen LogP contribution in [-0.4, -0.2) is 14.5 Å². The van der Waals surface area contributed by atoms with Crippen LogP contribution in [0.5, 0.6) is 0 Å². The van der Waals surface area contributed by atoms with Crippen LogP contribution in [0.4, 0.5) is 11.4 Å². The second-order valence-corrected chi connectivity index (χ2v) is 8.80. The highest BCUT2D eigenvalue weighted by Crippen LogP contribution is 2.42. The van der Waals surface area contributed by atoms with Gasteiger partial charge >= 0.3 is 0 Å². The molecular weight excluding hydrogens is 460 g/mol. The van der Waals surface area contributed by atoms with Gasteiger partial charge in [-0.3, -0.25) is 10.1 Å². The third-order valence-electron chi connectivity index (χ3n) is 6.67. The van der Waals surface area contributed by atoms with E-state index in [0.717, 1.165) is 28.1 Å². The molecule has 0 bridgehead atoms. The molecule has 182 valence electrons. The molecule has 1 aromatic heterocycles. The van der Waals surface area contributed by atoms with Crippen LogP contribution in [-0.2, 0) is 5.54 Å². The first-order chi connectivity index (χ1) is 18.0. The summed E-state index contributed by atoms with van der Waals surface area (Å²) in [6.45, 7) is 2.04. The second-order valence-electron chi connectivity index (χ2n) is 8.80. The topological polar surface area (TPSA) is 87.0 Å². The second kappa shape index (κ2) is 9.95. The van der Waals surface area contributed by atoms with Crippen LogP contribution in [0.15, 0.2) is 116 Å². The Morgan fingerprint density at radius 1 is 0.811 bits per heavy atom. The number of benzene rings is 4. The van der Waals surface area contributed by atoms with Crippen LogP contribution >= 0.6 is 0 Å². The van der Waals surface area contributed by atoms with Gasteiger partial charge in [-0.05, 0) is 41.3 Å². The molecule has 6 nitrogen and oxygen atoms in total. The van der Waals surface area contributed by atoms with E-state index in [0.29, 0.717) is 5.56 Å². The van der Waals surface area contributed by atoms with Crippen molar-refractivity contribution in [2.24, 2.45) is 0 Å². The van der Waals surface area contributed by atoms with Crippen LogP contribution in [0.1, 0.15) is 33.6 Å². The highest BCUT2D eigenvalue weighted by Gasteiger charge is 2.39. The Morgan fingerprint density at radius 3 is 1.81 bits per heavy atom. The summed E-state index contributed by atoms with van der Waals surface area (Å²) < 4.78 is 2.21. The quantitative estimate of drug-likeness (QED) is 0.120. The molecule has 0 saturated heterocycles.